The molecule has 2 aliphatic rings. The summed E-state index contributed by atoms with van der Waals surface area (Å²) in [5.41, 5.74) is -4.86. The first-order chi connectivity index (χ1) is 20.9. The number of carbonyl (C=O) groups is 1. The van der Waals surface area contributed by atoms with Gasteiger partial charge in [-0.3, -0.25) is 4.79 Å². The number of fused-ring (bicyclic) bond motifs is 1. The molecule has 1 amide bonds. The van der Waals surface area contributed by atoms with Crippen molar-refractivity contribution in [1.82, 2.24) is 19.9 Å². The van der Waals surface area contributed by atoms with E-state index < -0.39 is 41.3 Å². The lowest BCUT2D eigenvalue weighted by Crippen LogP contribution is -2.51. The molecule has 9 nitrogen and oxygen atoms in total. The van der Waals surface area contributed by atoms with Crippen LogP contribution < -0.4 is 19.5 Å². The van der Waals surface area contributed by atoms with Gasteiger partial charge < -0.3 is 29.2 Å². The molecular formula is C31H28F4N4O5. The predicted octanol–water partition coefficient (Wildman–Crippen LogP) is 4.97. The zero-order valence-electron chi connectivity index (χ0n) is 23.7. The minimum Gasteiger partial charge on any atom is -0.493 e. The number of nitrogens with one attached hydrogen (secondary N) is 1. The summed E-state index contributed by atoms with van der Waals surface area (Å²) in [6.07, 6.45) is 1.25. The van der Waals surface area contributed by atoms with Gasteiger partial charge in [0.1, 0.15) is 23.7 Å². The normalized spacial score (nSPS) is 19.1. The highest BCUT2D eigenvalue weighted by molar-refractivity contribution is 5.95. The average Bonchev–Trinajstić information content (AvgIpc) is 3.50. The molecule has 0 saturated heterocycles. The van der Waals surface area contributed by atoms with Gasteiger partial charge in [-0.1, -0.05) is 0 Å². The van der Waals surface area contributed by atoms with Crippen LogP contribution in [0.2, 0.25) is 0 Å². The summed E-state index contributed by atoms with van der Waals surface area (Å²) in [5.74, 6) is -0.582. The van der Waals surface area contributed by atoms with Crippen LogP contribution in [0.1, 0.15) is 41.4 Å². The fourth-order valence-electron chi connectivity index (χ4n) is 5.07. The van der Waals surface area contributed by atoms with E-state index in [-0.39, 0.29) is 41.0 Å². The molecular weight excluding hydrogens is 584 g/mol. The number of ether oxygens (including phenoxy) is 3. The molecule has 0 bridgehead atoms. The number of pyridine rings is 1. The molecule has 1 fully saturated rings. The van der Waals surface area contributed by atoms with Crippen molar-refractivity contribution in [3.8, 4) is 28.5 Å². The maximum Gasteiger partial charge on any atom is 0.424 e. The van der Waals surface area contributed by atoms with Crippen LogP contribution in [0, 0.1) is 5.82 Å². The summed E-state index contributed by atoms with van der Waals surface area (Å²) >= 11 is 0. The van der Waals surface area contributed by atoms with Gasteiger partial charge in [-0.15, -0.1) is 0 Å². The van der Waals surface area contributed by atoms with Gasteiger partial charge in [-0.25, -0.2) is 14.4 Å². The number of methoxy groups -OCH3 is 1. The minimum atomic E-state index is -5.27. The smallest absolute Gasteiger partial charge is 0.424 e. The van der Waals surface area contributed by atoms with Crippen molar-refractivity contribution in [3.63, 3.8) is 0 Å². The molecule has 3 heterocycles. The maximum absolute atomic E-state index is 14.8. The number of carbonyl (C=O) groups excluding carboxylic acids is 1. The zero-order valence-corrected chi connectivity index (χ0v) is 23.7. The quantitative estimate of drug-likeness (QED) is 0.257. The van der Waals surface area contributed by atoms with Crippen molar-refractivity contribution in [2.45, 2.75) is 43.2 Å². The van der Waals surface area contributed by atoms with Crippen molar-refractivity contribution < 1.29 is 41.7 Å². The Morgan fingerprint density at radius 2 is 1.91 bits per heavy atom. The minimum absolute atomic E-state index is 0.00418. The Morgan fingerprint density at radius 1 is 1.16 bits per heavy atom. The molecule has 1 saturated carbocycles. The predicted molar refractivity (Wildman–Crippen MR) is 149 cm³/mol. The Kier molecular flexibility index (Phi) is 7.23. The first-order valence-electron chi connectivity index (χ1n) is 13.8. The summed E-state index contributed by atoms with van der Waals surface area (Å²) in [4.78, 5) is 21.3. The van der Waals surface area contributed by atoms with Crippen LogP contribution in [0.15, 0.2) is 67.3 Å². The first kappa shape index (κ1) is 29.4. The molecule has 2 N–H and O–H groups in total. The van der Waals surface area contributed by atoms with Crippen molar-refractivity contribution in [2.24, 2.45) is 0 Å². The van der Waals surface area contributed by atoms with Crippen LogP contribution in [0.5, 0.6) is 17.2 Å². The van der Waals surface area contributed by atoms with E-state index in [1.807, 2.05) is 0 Å². The molecule has 2 atom stereocenters. The fourth-order valence-corrected chi connectivity index (χ4v) is 5.07. The summed E-state index contributed by atoms with van der Waals surface area (Å²) in [7, 11) is 1.39. The van der Waals surface area contributed by atoms with E-state index in [0.29, 0.717) is 11.3 Å². The molecule has 4 aromatic rings. The number of aliphatic hydroxyl groups is 1. The van der Waals surface area contributed by atoms with E-state index in [0.717, 1.165) is 31.0 Å². The summed E-state index contributed by atoms with van der Waals surface area (Å²) in [5, 5.41) is 13.6. The number of halogens is 4. The van der Waals surface area contributed by atoms with E-state index in [2.05, 4.69) is 15.3 Å². The largest absolute Gasteiger partial charge is 0.493 e. The van der Waals surface area contributed by atoms with Crippen molar-refractivity contribution in [3.05, 3.63) is 89.9 Å². The van der Waals surface area contributed by atoms with Gasteiger partial charge >= 0.3 is 6.18 Å². The monoisotopic (exact) mass is 612 g/mol. The Labute approximate surface area is 249 Å². The molecule has 0 radical (unpaired) electrons. The third-order valence-corrected chi connectivity index (χ3v) is 7.88. The number of rotatable bonds is 9. The van der Waals surface area contributed by atoms with E-state index in [1.165, 1.54) is 50.0 Å². The lowest BCUT2D eigenvalue weighted by Gasteiger charge is -2.32. The van der Waals surface area contributed by atoms with Crippen molar-refractivity contribution in [2.75, 3.05) is 20.3 Å². The molecule has 2 aromatic heterocycles. The maximum atomic E-state index is 14.8. The fraction of sp³-hybridized carbons (Fsp3) is 0.323. The number of hydrogen-bond acceptors (Lipinski definition) is 7. The third-order valence-electron chi connectivity index (χ3n) is 7.88. The number of imidazole rings is 1. The Bertz CT molecular complexity index is 1690. The van der Waals surface area contributed by atoms with Crippen LogP contribution in [0.3, 0.4) is 0 Å². The van der Waals surface area contributed by atoms with Crippen LogP contribution in [-0.4, -0.2) is 58.1 Å². The van der Waals surface area contributed by atoms with Crippen molar-refractivity contribution >= 4 is 5.91 Å². The summed E-state index contributed by atoms with van der Waals surface area (Å²) in [6.45, 7) is 0.522. The SMILES string of the molecule is COc1cc(C(=O)NCC(O)(c2cc3c(c(-c4ccc(F)cc4)n2)OC[C@]3(C)n2ccnc2)C(F)(F)F)ccc1OC1CC1. The molecule has 1 unspecified atom stereocenters. The zero-order chi connectivity index (χ0) is 31.3. The second-order valence-corrected chi connectivity index (χ2v) is 11.0. The van der Waals surface area contributed by atoms with Gasteiger partial charge in [-0.05, 0) is 68.3 Å². The Morgan fingerprint density at radius 3 is 2.55 bits per heavy atom. The number of nitrogens with zero attached hydrogens (tertiary/aromatic N) is 3. The number of amides is 1. The van der Waals surface area contributed by atoms with E-state index in [1.54, 1.807) is 17.7 Å². The second kappa shape index (κ2) is 10.8. The highest BCUT2D eigenvalue weighted by Gasteiger charge is 2.57. The summed E-state index contributed by atoms with van der Waals surface area (Å²) in [6, 6.07) is 10.4. The van der Waals surface area contributed by atoms with Crippen molar-refractivity contribution in [1.29, 1.82) is 0 Å². The van der Waals surface area contributed by atoms with Gasteiger partial charge in [0.25, 0.3) is 5.91 Å². The topological polar surface area (TPSA) is 108 Å². The molecule has 6 rings (SSSR count). The van der Waals surface area contributed by atoms with Gasteiger partial charge in [-0.2, -0.15) is 13.2 Å². The average molecular weight is 613 g/mol. The lowest BCUT2D eigenvalue weighted by atomic mass is 9.88. The van der Waals surface area contributed by atoms with E-state index in [9.17, 15) is 27.5 Å². The molecule has 13 heteroatoms. The highest BCUT2D eigenvalue weighted by Crippen LogP contribution is 2.48. The van der Waals surface area contributed by atoms with Crippen LogP contribution in [0.4, 0.5) is 17.6 Å². The molecule has 1 aliphatic carbocycles. The van der Waals surface area contributed by atoms with Crippen LogP contribution >= 0.6 is 0 Å². The first-order valence-corrected chi connectivity index (χ1v) is 13.8. The lowest BCUT2D eigenvalue weighted by molar-refractivity contribution is -0.265. The molecule has 0 spiro atoms. The van der Waals surface area contributed by atoms with Gasteiger partial charge in [0.05, 0.1) is 31.8 Å². The third kappa shape index (κ3) is 5.21. The standard InChI is InChI=1S/C31H28F4N4O5/c1-29(39-12-11-36-17-39)16-43-27-22(29)14-25(38-26(27)18-3-6-20(32)7-4-18)30(41,31(33,34)35)15-37-28(40)19-5-10-23(24(13-19)42-2)44-21-8-9-21/h3-7,10-14,17,21,41H,8-9,15-16H2,1-2H3,(H,37,40)/t29-,30?/m0/s1. The van der Waals surface area contributed by atoms with E-state index >= 15 is 0 Å². The Hall–Kier alpha value is -4.65. The number of benzene rings is 2. The summed E-state index contributed by atoms with van der Waals surface area (Å²) < 4.78 is 76.8. The Balaban J connectivity index is 1.39. The molecule has 230 valence electrons. The number of alkyl halides is 3. The second-order valence-electron chi connectivity index (χ2n) is 11.0. The molecule has 44 heavy (non-hydrogen) atoms. The van der Waals surface area contributed by atoms with Gasteiger partial charge in [0.15, 0.2) is 17.2 Å². The van der Waals surface area contributed by atoms with Gasteiger partial charge in [0.2, 0.25) is 5.60 Å². The highest BCUT2D eigenvalue weighted by atomic mass is 19.4. The van der Waals surface area contributed by atoms with Gasteiger partial charge in [0, 0.05) is 29.1 Å². The molecule has 1 aliphatic heterocycles. The van der Waals surface area contributed by atoms with Crippen LogP contribution in [0.25, 0.3) is 11.3 Å². The van der Waals surface area contributed by atoms with E-state index in [4.69, 9.17) is 14.2 Å². The molecule has 2 aromatic carbocycles. The number of hydrogen-bond donors (Lipinski definition) is 2. The number of aromatic nitrogens is 3. The van der Waals surface area contributed by atoms with Crippen LogP contribution in [-0.2, 0) is 11.1 Å².